The summed E-state index contributed by atoms with van der Waals surface area (Å²) in [7, 11) is 6.56. The largest absolute Gasteiger partial charge is 0.382 e. The van der Waals surface area contributed by atoms with Crippen molar-refractivity contribution >= 4 is 0 Å². The van der Waals surface area contributed by atoms with E-state index in [4.69, 9.17) is 56.8 Å². The van der Waals surface area contributed by atoms with E-state index in [0.29, 0.717) is 112 Å². The fraction of sp³-hybridized carbons (Fsp3) is 0.963. The molecule has 0 saturated heterocycles. The minimum atomic E-state index is -0.390. The molecule has 0 N–H and O–H groups in total. The Hall–Kier alpha value is 0.624. The van der Waals surface area contributed by atoms with Crippen molar-refractivity contribution in [3.8, 4) is 0 Å². The van der Waals surface area contributed by atoms with Crippen molar-refractivity contribution in [2.45, 2.75) is 31.7 Å². The van der Waals surface area contributed by atoms with E-state index in [1.54, 1.807) is 28.4 Å². The van der Waals surface area contributed by atoms with Gasteiger partial charge in [-0.05, 0) is 6.42 Å². The van der Waals surface area contributed by atoms with E-state index in [-0.39, 0.29) is 46.2 Å². The van der Waals surface area contributed by atoms with Crippen molar-refractivity contribution in [1.29, 1.82) is 0 Å². The van der Waals surface area contributed by atoms with Crippen LogP contribution in [0, 0.1) is 7.43 Å². The van der Waals surface area contributed by atoms with Gasteiger partial charge in [0.15, 0.2) is 0 Å². The van der Waals surface area contributed by atoms with Crippen molar-refractivity contribution in [3.63, 3.8) is 0 Å². The summed E-state index contributed by atoms with van der Waals surface area (Å²) in [6.07, 6.45) is -0.296. The Morgan fingerprint density at radius 1 is 0.400 bits per heavy atom. The molecule has 0 rings (SSSR count). The molecule has 1 radical (unpaired) electrons. The van der Waals surface area contributed by atoms with E-state index in [9.17, 15) is 0 Å². The zero-order chi connectivity index (χ0) is 27.9. The normalized spacial score (nSPS) is 13.4. The fourth-order valence-electron chi connectivity index (χ4n) is 3.19. The minimum Gasteiger partial charge on any atom is -0.382 e. The third-order valence-electron chi connectivity index (χ3n) is 5.17. The first-order valence-electron chi connectivity index (χ1n) is 13.4. The Labute approximate surface area is 268 Å². The Balaban J connectivity index is -0.00000684. The van der Waals surface area contributed by atoms with Crippen LogP contribution in [-0.4, -0.2) is 159 Å². The number of rotatable bonds is 32. The first kappa shape index (κ1) is 45.1. The van der Waals surface area contributed by atoms with Crippen molar-refractivity contribution in [2.24, 2.45) is 0 Å². The van der Waals surface area contributed by atoms with Crippen LogP contribution in [0.15, 0.2) is 0 Å². The molecule has 241 valence electrons. The molecule has 0 heterocycles. The molecule has 0 aromatic rings. The second kappa shape index (κ2) is 37.6. The van der Waals surface area contributed by atoms with Crippen LogP contribution in [0.3, 0.4) is 0 Å². The summed E-state index contributed by atoms with van der Waals surface area (Å²) in [5, 5.41) is 0. The molecule has 13 heteroatoms. The van der Waals surface area contributed by atoms with Gasteiger partial charge in [-0.3, -0.25) is 0 Å². The maximum atomic E-state index is 6.27. The Morgan fingerprint density at radius 2 is 0.725 bits per heavy atom. The van der Waals surface area contributed by atoms with E-state index < -0.39 is 12.2 Å². The van der Waals surface area contributed by atoms with Gasteiger partial charge in [0, 0.05) is 61.1 Å². The van der Waals surface area contributed by atoms with Gasteiger partial charge in [0.2, 0.25) is 0 Å². The van der Waals surface area contributed by atoms with Crippen LogP contribution in [0.1, 0.15) is 13.3 Å². The van der Waals surface area contributed by atoms with Crippen molar-refractivity contribution in [3.05, 3.63) is 7.43 Å². The molecule has 0 aliphatic carbocycles. The molecule has 0 aliphatic rings. The first-order valence-corrected chi connectivity index (χ1v) is 13.4. The number of hydrogen-bond acceptors (Lipinski definition) is 12. The van der Waals surface area contributed by atoms with Gasteiger partial charge in [-0.2, -0.15) is 0 Å². The van der Waals surface area contributed by atoms with Gasteiger partial charge in [0.05, 0.1) is 118 Å². The maximum Gasteiger partial charge on any atom is 0.112 e. The van der Waals surface area contributed by atoms with Crippen molar-refractivity contribution < 1.29 is 89.6 Å². The first-order chi connectivity index (χ1) is 18.7. The third kappa shape index (κ3) is 28.7. The minimum absolute atomic E-state index is 0. The van der Waals surface area contributed by atoms with Crippen LogP contribution >= 0.6 is 0 Å². The molecule has 0 fully saturated rings. The number of methoxy groups -OCH3 is 4. The van der Waals surface area contributed by atoms with Crippen LogP contribution in [0.4, 0.5) is 0 Å². The van der Waals surface area contributed by atoms with E-state index in [1.165, 1.54) is 0 Å². The average molecular weight is 663 g/mol. The van der Waals surface area contributed by atoms with Crippen LogP contribution in [0.5, 0.6) is 0 Å². The molecule has 0 aromatic carbocycles. The second-order valence-corrected chi connectivity index (χ2v) is 8.06. The van der Waals surface area contributed by atoms with Gasteiger partial charge in [-0.1, -0.05) is 6.92 Å². The summed E-state index contributed by atoms with van der Waals surface area (Å²) in [6, 6.07) is 0. The fourth-order valence-corrected chi connectivity index (χ4v) is 3.19. The predicted octanol–water partition coefficient (Wildman–Crippen LogP) is 1.67. The van der Waals surface area contributed by atoms with E-state index in [1.807, 2.05) is 0 Å². The van der Waals surface area contributed by atoms with Crippen molar-refractivity contribution in [1.82, 2.24) is 0 Å². The Kier molecular flexibility index (Phi) is 42.4. The summed E-state index contributed by atoms with van der Waals surface area (Å²) in [6.45, 7) is 9.93. The third-order valence-corrected chi connectivity index (χ3v) is 5.17. The Bertz CT molecular complexity index is 454. The molecule has 0 aliphatic heterocycles. The van der Waals surface area contributed by atoms with Gasteiger partial charge >= 0.3 is 0 Å². The molecule has 40 heavy (non-hydrogen) atoms. The van der Waals surface area contributed by atoms with Crippen LogP contribution in [0.25, 0.3) is 0 Å². The molecular formula is C27H57O12Y-. The quantitative estimate of drug-likeness (QED) is 0.0772. The molecule has 3 unspecified atom stereocenters. The molecule has 0 spiro atoms. The monoisotopic (exact) mass is 662 g/mol. The summed E-state index contributed by atoms with van der Waals surface area (Å²) < 4.78 is 66.8. The standard InChI is InChI=1S/C26H54O12.CH3.Y/c1-6-24(36-20-17-32-12-8-28-3)26(38-22-19-34-14-10-30-5)25(37-21-18-33-13-9-29-4)23-35-16-15-31-11-7-27-2;;/h24-26H,6-23H2,1-5H3;1H3;/q;-1;. The molecule has 0 saturated carbocycles. The molecule has 0 aromatic heterocycles. The second-order valence-electron chi connectivity index (χ2n) is 8.06. The van der Waals surface area contributed by atoms with E-state index >= 15 is 0 Å². The van der Waals surface area contributed by atoms with Crippen LogP contribution in [0.2, 0.25) is 0 Å². The maximum absolute atomic E-state index is 6.27. The van der Waals surface area contributed by atoms with Gasteiger partial charge in [0.1, 0.15) is 12.2 Å². The van der Waals surface area contributed by atoms with Gasteiger partial charge in [0.25, 0.3) is 0 Å². The number of ether oxygens (including phenoxy) is 12. The summed E-state index contributed by atoms with van der Waals surface area (Å²) in [5.74, 6) is 0. The summed E-state index contributed by atoms with van der Waals surface area (Å²) >= 11 is 0. The molecular weight excluding hydrogens is 605 g/mol. The van der Waals surface area contributed by atoms with Crippen LogP contribution in [-0.2, 0) is 89.6 Å². The van der Waals surface area contributed by atoms with Crippen molar-refractivity contribution in [2.75, 3.05) is 141 Å². The molecule has 12 nitrogen and oxygen atoms in total. The summed E-state index contributed by atoms with van der Waals surface area (Å²) in [5.41, 5.74) is 0. The zero-order valence-corrected chi connectivity index (χ0v) is 28.8. The number of hydrogen-bond donors (Lipinski definition) is 0. The average Bonchev–Trinajstić information content (AvgIpc) is 2.93. The molecule has 0 amide bonds. The van der Waals surface area contributed by atoms with Crippen LogP contribution < -0.4 is 0 Å². The van der Waals surface area contributed by atoms with Gasteiger partial charge in [-0.25, -0.2) is 0 Å². The predicted molar refractivity (Wildman–Crippen MR) is 148 cm³/mol. The van der Waals surface area contributed by atoms with E-state index in [2.05, 4.69) is 6.92 Å². The Morgan fingerprint density at radius 3 is 1.12 bits per heavy atom. The summed E-state index contributed by atoms with van der Waals surface area (Å²) in [4.78, 5) is 0. The SMILES string of the molecule is CCC(OCCOCCOC)C(OCCOCCOC)C(COCCOCCOC)OCCOCCOC.[CH3-].[Y]. The molecule has 3 atom stereocenters. The van der Waals surface area contributed by atoms with E-state index in [0.717, 1.165) is 6.42 Å². The topological polar surface area (TPSA) is 111 Å². The van der Waals surface area contributed by atoms with Gasteiger partial charge in [-0.15, -0.1) is 0 Å². The van der Waals surface area contributed by atoms with Gasteiger partial charge < -0.3 is 64.3 Å². The molecule has 0 bridgehead atoms. The smallest absolute Gasteiger partial charge is 0.112 e. The zero-order valence-electron chi connectivity index (χ0n) is 25.9.